The summed E-state index contributed by atoms with van der Waals surface area (Å²) in [7, 11) is 0. The van der Waals surface area contributed by atoms with E-state index in [1.54, 1.807) is 11.8 Å². The number of pyridine rings is 1. The van der Waals surface area contributed by atoms with Gasteiger partial charge in [0.1, 0.15) is 0 Å². The zero-order valence-corrected chi connectivity index (χ0v) is 12.4. The van der Waals surface area contributed by atoms with Gasteiger partial charge in [-0.3, -0.25) is 0 Å². The molecule has 0 aliphatic carbocycles. The molecular formula is C15H11Cl2NS. The fraction of sp³-hybridized carbons (Fsp3) is 0.133. The van der Waals surface area contributed by atoms with Gasteiger partial charge < -0.3 is 0 Å². The largest absolute Gasteiger partial charge is 0.248 e. The van der Waals surface area contributed by atoms with Gasteiger partial charge in [0.25, 0.3) is 0 Å². The Kier molecular flexibility index (Phi) is 3.83. The highest BCUT2D eigenvalue weighted by Gasteiger charge is 2.09. The number of nitrogens with zero attached hydrogens (tertiary/aromatic N) is 1. The average molecular weight is 308 g/mol. The summed E-state index contributed by atoms with van der Waals surface area (Å²) in [5.74, 6) is 1.52. The van der Waals surface area contributed by atoms with Crippen LogP contribution < -0.4 is 0 Å². The molecule has 0 atom stereocenters. The minimum Gasteiger partial charge on any atom is -0.248 e. The van der Waals surface area contributed by atoms with Gasteiger partial charge in [0.15, 0.2) is 0 Å². The SMILES string of the molecule is ClCCSc1c2ccccc2nc2cc(Cl)ccc12. The van der Waals surface area contributed by atoms with Crippen LogP contribution in [0.4, 0.5) is 0 Å². The highest BCUT2D eigenvalue weighted by Crippen LogP contribution is 2.34. The van der Waals surface area contributed by atoms with Crippen molar-refractivity contribution in [2.24, 2.45) is 0 Å². The summed E-state index contributed by atoms with van der Waals surface area (Å²) in [6, 6.07) is 14.0. The van der Waals surface area contributed by atoms with Crippen LogP contribution >= 0.6 is 35.0 Å². The lowest BCUT2D eigenvalue weighted by Crippen LogP contribution is -1.89. The van der Waals surface area contributed by atoms with E-state index >= 15 is 0 Å². The molecule has 0 fully saturated rings. The Balaban J connectivity index is 2.35. The van der Waals surface area contributed by atoms with Crippen molar-refractivity contribution in [3.63, 3.8) is 0 Å². The molecule has 3 aromatic rings. The number of rotatable bonds is 3. The van der Waals surface area contributed by atoms with Gasteiger partial charge in [-0.2, -0.15) is 0 Å². The Morgan fingerprint density at radius 3 is 2.63 bits per heavy atom. The van der Waals surface area contributed by atoms with Crippen LogP contribution in [0.5, 0.6) is 0 Å². The summed E-state index contributed by atoms with van der Waals surface area (Å²) < 4.78 is 0. The van der Waals surface area contributed by atoms with Crippen LogP contribution in [0.15, 0.2) is 47.4 Å². The zero-order chi connectivity index (χ0) is 13.2. The number of halogens is 2. The van der Waals surface area contributed by atoms with Crippen molar-refractivity contribution in [1.82, 2.24) is 4.98 Å². The monoisotopic (exact) mass is 307 g/mol. The molecule has 1 aromatic heterocycles. The first-order valence-electron chi connectivity index (χ1n) is 5.96. The van der Waals surface area contributed by atoms with Crippen molar-refractivity contribution < 1.29 is 0 Å². The summed E-state index contributed by atoms with van der Waals surface area (Å²) in [5, 5.41) is 3.02. The molecule has 3 rings (SSSR count). The smallest absolute Gasteiger partial charge is 0.0735 e. The van der Waals surface area contributed by atoms with Crippen LogP contribution in [-0.2, 0) is 0 Å². The van der Waals surface area contributed by atoms with Crippen molar-refractivity contribution in [2.75, 3.05) is 11.6 Å². The lowest BCUT2D eigenvalue weighted by Gasteiger charge is -2.10. The van der Waals surface area contributed by atoms with Gasteiger partial charge in [-0.05, 0) is 18.2 Å². The molecule has 0 bridgehead atoms. The molecule has 0 aliphatic heterocycles. The van der Waals surface area contributed by atoms with Crippen molar-refractivity contribution in [3.05, 3.63) is 47.5 Å². The third-order valence-electron chi connectivity index (χ3n) is 2.92. The fourth-order valence-electron chi connectivity index (χ4n) is 2.12. The first-order valence-corrected chi connectivity index (χ1v) is 7.86. The Morgan fingerprint density at radius 2 is 1.79 bits per heavy atom. The van der Waals surface area contributed by atoms with E-state index < -0.39 is 0 Å². The van der Waals surface area contributed by atoms with Crippen LogP contribution in [0.3, 0.4) is 0 Å². The van der Waals surface area contributed by atoms with Gasteiger partial charge in [0, 0.05) is 32.3 Å². The van der Waals surface area contributed by atoms with Gasteiger partial charge in [0.2, 0.25) is 0 Å². The maximum atomic E-state index is 6.06. The summed E-state index contributed by atoms with van der Waals surface area (Å²) >= 11 is 13.7. The molecule has 0 unspecified atom stereocenters. The molecule has 0 N–H and O–H groups in total. The Bertz CT molecular complexity index is 743. The molecule has 2 aromatic carbocycles. The highest BCUT2D eigenvalue weighted by atomic mass is 35.5. The van der Waals surface area contributed by atoms with E-state index in [2.05, 4.69) is 11.1 Å². The number of para-hydroxylation sites is 1. The summed E-state index contributed by atoms with van der Waals surface area (Å²) in [5.41, 5.74) is 1.93. The van der Waals surface area contributed by atoms with Gasteiger partial charge >= 0.3 is 0 Å². The second kappa shape index (κ2) is 5.58. The third kappa shape index (κ3) is 2.53. The van der Waals surface area contributed by atoms with Crippen molar-refractivity contribution in [3.8, 4) is 0 Å². The van der Waals surface area contributed by atoms with Crippen LogP contribution in [0.25, 0.3) is 21.8 Å². The van der Waals surface area contributed by atoms with Crippen molar-refractivity contribution in [1.29, 1.82) is 0 Å². The average Bonchev–Trinajstić information content (AvgIpc) is 2.43. The number of fused-ring (bicyclic) bond motifs is 2. The number of hydrogen-bond acceptors (Lipinski definition) is 2. The molecule has 96 valence electrons. The predicted octanol–water partition coefficient (Wildman–Crippen LogP) is 5.37. The summed E-state index contributed by atoms with van der Waals surface area (Å²) in [6.07, 6.45) is 0. The van der Waals surface area contributed by atoms with E-state index in [0.29, 0.717) is 10.9 Å². The fourth-order valence-corrected chi connectivity index (χ4v) is 3.46. The number of thioether (sulfide) groups is 1. The molecule has 1 heterocycles. The van der Waals surface area contributed by atoms with Gasteiger partial charge in [-0.25, -0.2) is 4.98 Å². The molecule has 19 heavy (non-hydrogen) atoms. The molecule has 0 spiro atoms. The molecule has 0 saturated carbocycles. The maximum absolute atomic E-state index is 6.06. The van der Waals surface area contributed by atoms with E-state index in [4.69, 9.17) is 23.2 Å². The first-order chi connectivity index (χ1) is 9.29. The second-order valence-electron chi connectivity index (χ2n) is 4.16. The molecule has 0 radical (unpaired) electrons. The molecule has 0 amide bonds. The zero-order valence-electron chi connectivity index (χ0n) is 10.1. The predicted molar refractivity (Wildman–Crippen MR) is 85.7 cm³/mol. The van der Waals surface area contributed by atoms with Crippen LogP contribution in [0.2, 0.25) is 5.02 Å². The van der Waals surface area contributed by atoms with E-state index in [-0.39, 0.29) is 0 Å². The van der Waals surface area contributed by atoms with Gasteiger partial charge in [0.05, 0.1) is 11.0 Å². The first kappa shape index (κ1) is 13.0. The van der Waals surface area contributed by atoms with Crippen molar-refractivity contribution in [2.45, 2.75) is 4.90 Å². The molecule has 4 heteroatoms. The number of aromatic nitrogens is 1. The maximum Gasteiger partial charge on any atom is 0.0735 e. The summed E-state index contributed by atoms with van der Waals surface area (Å²) in [4.78, 5) is 5.91. The minimum absolute atomic E-state index is 0.635. The molecule has 0 aliphatic rings. The van der Waals surface area contributed by atoms with Crippen LogP contribution in [-0.4, -0.2) is 16.6 Å². The third-order valence-corrected chi connectivity index (χ3v) is 4.70. The summed E-state index contributed by atoms with van der Waals surface area (Å²) in [6.45, 7) is 0. The lowest BCUT2D eigenvalue weighted by molar-refractivity contribution is 1.44. The van der Waals surface area contributed by atoms with Crippen molar-refractivity contribution >= 4 is 56.8 Å². The lowest BCUT2D eigenvalue weighted by atomic mass is 10.1. The standard InChI is InChI=1S/C15H11Cl2NS/c16-7-8-19-15-11-3-1-2-4-13(11)18-14-9-10(17)5-6-12(14)15/h1-6,9H,7-8H2. The normalized spacial score (nSPS) is 11.3. The second-order valence-corrected chi connectivity index (χ2v) is 6.08. The molecular weight excluding hydrogens is 297 g/mol. The van der Waals surface area contributed by atoms with E-state index in [1.807, 2.05) is 36.4 Å². The Hall–Kier alpha value is -0.960. The number of benzene rings is 2. The quantitative estimate of drug-likeness (QED) is 0.366. The van der Waals surface area contributed by atoms with Gasteiger partial charge in [-0.1, -0.05) is 35.9 Å². The number of alkyl halides is 1. The highest BCUT2D eigenvalue weighted by molar-refractivity contribution is 7.99. The minimum atomic E-state index is 0.635. The van der Waals surface area contributed by atoms with E-state index in [9.17, 15) is 0 Å². The van der Waals surface area contributed by atoms with E-state index in [0.717, 1.165) is 22.2 Å². The topological polar surface area (TPSA) is 12.9 Å². The molecule has 1 nitrogen and oxygen atoms in total. The van der Waals surface area contributed by atoms with Crippen LogP contribution in [0.1, 0.15) is 0 Å². The van der Waals surface area contributed by atoms with Crippen LogP contribution in [0, 0.1) is 0 Å². The Morgan fingerprint density at radius 1 is 1.00 bits per heavy atom. The number of hydrogen-bond donors (Lipinski definition) is 0. The Labute approximate surface area is 125 Å². The van der Waals surface area contributed by atoms with Gasteiger partial charge in [-0.15, -0.1) is 23.4 Å². The molecule has 0 saturated heterocycles. The van der Waals surface area contributed by atoms with E-state index in [1.165, 1.54) is 10.3 Å².